The van der Waals surface area contributed by atoms with Crippen molar-refractivity contribution in [2.75, 3.05) is 0 Å². The third-order valence-electron chi connectivity index (χ3n) is 3.47. The lowest BCUT2D eigenvalue weighted by molar-refractivity contribution is -0.395. The van der Waals surface area contributed by atoms with Crippen molar-refractivity contribution in [1.29, 1.82) is 0 Å². The number of allylic oxidation sites excluding steroid dienone is 2. The minimum Gasteiger partial charge on any atom is -0.199 e. The molecule has 0 spiro atoms. The maximum absolute atomic E-state index is 13.2. The molecular weight excluding hydrogens is 351 g/mol. The molecule has 0 N–H and O–H groups in total. The second kappa shape index (κ2) is 8.99. The third kappa shape index (κ3) is 5.88. The predicted molar refractivity (Wildman–Crippen MR) is 72.6 cm³/mol. The molecule has 9 heteroatoms. The smallest absolute Gasteiger partial charge is 0.199 e. The van der Waals surface area contributed by atoms with E-state index in [1.54, 1.807) is 0 Å². The van der Waals surface area contributed by atoms with E-state index in [0.717, 1.165) is 38.2 Å². The highest BCUT2D eigenvalue weighted by Crippen LogP contribution is 2.54. The van der Waals surface area contributed by atoms with Crippen LogP contribution in [0.2, 0.25) is 0 Å². The molecular formula is C15H21F9. The van der Waals surface area contributed by atoms with Crippen LogP contribution in [0.1, 0.15) is 58.3 Å². The predicted octanol–water partition coefficient (Wildman–Crippen LogP) is 7.15. The van der Waals surface area contributed by atoms with Crippen LogP contribution >= 0.6 is 0 Å². The maximum Gasteiger partial charge on any atom is 0.460 e. The minimum absolute atomic E-state index is 0.267. The van der Waals surface area contributed by atoms with Crippen LogP contribution in [0.3, 0.4) is 0 Å². The van der Waals surface area contributed by atoms with E-state index >= 15 is 0 Å². The van der Waals surface area contributed by atoms with Gasteiger partial charge in [-0.15, -0.1) is 0 Å². The Morgan fingerprint density at radius 1 is 0.625 bits per heavy atom. The van der Waals surface area contributed by atoms with Gasteiger partial charge < -0.3 is 0 Å². The lowest BCUT2D eigenvalue weighted by Crippen LogP contribution is -2.60. The summed E-state index contributed by atoms with van der Waals surface area (Å²) in [5.74, 6) is -18.8. The average molecular weight is 372 g/mol. The lowest BCUT2D eigenvalue weighted by Gasteiger charge is -2.33. The summed E-state index contributed by atoms with van der Waals surface area (Å²) in [6.07, 6.45) is -1.33. The minimum atomic E-state index is -6.81. The Morgan fingerprint density at radius 3 is 1.62 bits per heavy atom. The molecule has 0 saturated heterocycles. The van der Waals surface area contributed by atoms with Gasteiger partial charge in [0.25, 0.3) is 0 Å². The third-order valence-corrected chi connectivity index (χ3v) is 3.47. The zero-order chi connectivity index (χ0) is 19.1. The second-order valence-corrected chi connectivity index (χ2v) is 5.58. The van der Waals surface area contributed by atoms with Crippen LogP contribution in [0.15, 0.2) is 12.2 Å². The van der Waals surface area contributed by atoms with Crippen LogP contribution in [0.25, 0.3) is 0 Å². The molecule has 0 saturated carbocycles. The number of halogens is 9. The van der Waals surface area contributed by atoms with Gasteiger partial charge in [-0.05, 0) is 12.8 Å². The van der Waals surface area contributed by atoms with Crippen molar-refractivity contribution < 1.29 is 39.5 Å². The van der Waals surface area contributed by atoms with Gasteiger partial charge in [0, 0.05) is 6.42 Å². The van der Waals surface area contributed by atoms with Crippen molar-refractivity contribution in [2.45, 2.75) is 82.2 Å². The summed E-state index contributed by atoms with van der Waals surface area (Å²) in [6, 6.07) is 0. The fourth-order valence-electron chi connectivity index (χ4n) is 1.93. The van der Waals surface area contributed by atoms with Crippen molar-refractivity contribution >= 4 is 0 Å². The van der Waals surface area contributed by atoms with Crippen LogP contribution in [-0.4, -0.2) is 23.9 Å². The topological polar surface area (TPSA) is 0 Å². The Morgan fingerprint density at radius 2 is 1.12 bits per heavy atom. The molecule has 0 aliphatic heterocycles. The van der Waals surface area contributed by atoms with Gasteiger partial charge in [-0.25, -0.2) is 0 Å². The molecule has 24 heavy (non-hydrogen) atoms. The zero-order valence-electron chi connectivity index (χ0n) is 13.2. The van der Waals surface area contributed by atoms with Crippen LogP contribution in [-0.2, 0) is 0 Å². The van der Waals surface area contributed by atoms with Crippen LogP contribution in [0.5, 0.6) is 0 Å². The molecule has 0 aromatic rings. The summed E-state index contributed by atoms with van der Waals surface area (Å²) < 4.78 is 113. The fraction of sp³-hybridized carbons (Fsp3) is 0.867. The lowest BCUT2D eigenvalue weighted by atomic mass is 10.0. The van der Waals surface area contributed by atoms with Gasteiger partial charge in [0.2, 0.25) is 0 Å². The van der Waals surface area contributed by atoms with E-state index in [1.807, 2.05) is 6.92 Å². The van der Waals surface area contributed by atoms with Crippen molar-refractivity contribution in [3.05, 3.63) is 12.2 Å². The molecule has 0 aromatic heterocycles. The highest BCUT2D eigenvalue weighted by Gasteiger charge is 2.81. The van der Waals surface area contributed by atoms with Crippen molar-refractivity contribution in [2.24, 2.45) is 0 Å². The summed E-state index contributed by atoms with van der Waals surface area (Å²) in [5.41, 5.74) is 0. The SMILES string of the molecule is CCCCCCCC/C=C/CC(F)(F)C(F)(F)C(F)(F)C(F)(F)F. The molecule has 0 atom stereocenters. The Kier molecular flexibility index (Phi) is 8.65. The first-order chi connectivity index (χ1) is 10.8. The van der Waals surface area contributed by atoms with Crippen molar-refractivity contribution in [1.82, 2.24) is 0 Å². The van der Waals surface area contributed by atoms with Gasteiger partial charge >= 0.3 is 23.9 Å². The number of alkyl halides is 9. The Hall–Kier alpha value is -0.890. The summed E-state index contributed by atoms with van der Waals surface area (Å²) in [4.78, 5) is 0. The molecule has 0 unspecified atom stereocenters. The zero-order valence-corrected chi connectivity index (χ0v) is 13.2. The molecule has 0 heterocycles. The normalized spacial score (nSPS) is 14.6. The van der Waals surface area contributed by atoms with E-state index in [0.29, 0.717) is 12.5 Å². The highest BCUT2D eigenvalue weighted by atomic mass is 19.4. The summed E-state index contributed by atoms with van der Waals surface area (Å²) >= 11 is 0. The summed E-state index contributed by atoms with van der Waals surface area (Å²) in [7, 11) is 0. The van der Waals surface area contributed by atoms with Crippen LogP contribution in [0, 0.1) is 0 Å². The molecule has 0 aliphatic carbocycles. The van der Waals surface area contributed by atoms with Crippen molar-refractivity contribution in [3.63, 3.8) is 0 Å². The summed E-state index contributed by atoms with van der Waals surface area (Å²) in [5, 5.41) is 0. The molecule has 0 rings (SSSR count). The Balaban J connectivity index is 4.50. The molecule has 0 aliphatic rings. The Labute approximate surface area is 135 Å². The van der Waals surface area contributed by atoms with E-state index in [1.165, 1.54) is 0 Å². The van der Waals surface area contributed by atoms with Gasteiger partial charge in [-0.1, -0.05) is 51.2 Å². The molecule has 0 amide bonds. The van der Waals surface area contributed by atoms with E-state index < -0.39 is 30.4 Å². The number of unbranched alkanes of at least 4 members (excludes halogenated alkanes) is 6. The van der Waals surface area contributed by atoms with Gasteiger partial charge in [0.15, 0.2) is 0 Å². The molecule has 0 radical (unpaired) electrons. The van der Waals surface area contributed by atoms with Crippen molar-refractivity contribution in [3.8, 4) is 0 Å². The maximum atomic E-state index is 13.2. The largest absolute Gasteiger partial charge is 0.460 e. The van der Waals surface area contributed by atoms with Gasteiger partial charge in [0.05, 0.1) is 0 Å². The first-order valence-electron chi connectivity index (χ1n) is 7.66. The standard InChI is InChI=1S/C15H21F9/c1-2-3-4-5-6-7-8-9-10-11-12(16,17)13(18,19)14(20,21)15(22,23)24/h9-10H,2-8,11H2,1H3/b10-9+. The monoisotopic (exact) mass is 372 g/mol. The molecule has 0 nitrogen and oxygen atoms in total. The number of rotatable bonds is 11. The highest BCUT2D eigenvalue weighted by molar-refractivity contribution is 5.03. The van der Waals surface area contributed by atoms with E-state index in [4.69, 9.17) is 0 Å². The van der Waals surface area contributed by atoms with Gasteiger partial charge in [-0.3, -0.25) is 0 Å². The van der Waals surface area contributed by atoms with E-state index in [-0.39, 0.29) is 6.42 Å². The molecule has 0 aromatic carbocycles. The van der Waals surface area contributed by atoms with E-state index in [2.05, 4.69) is 0 Å². The summed E-state index contributed by atoms with van der Waals surface area (Å²) in [6.45, 7) is 2.03. The van der Waals surface area contributed by atoms with Gasteiger partial charge in [0.1, 0.15) is 0 Å². The fourth-order valence-corrected chi connectivity index (χ4v) is 1.93. The van der Waals surface area contributed by atoms with Crippen LogP contribution < -0.4 is 0 Å². The molecule has 0 bridgehead atoms. The molecule has 144 valence electrons. The van der Waals surface area contributed by atoms with Crippen LogP contribution in [0.4, 0.5) is 39.5 Å². The van der Waals surface area contributed by atoms with Gasteiger partial charge in [-0.2, -0.15) is 39.5 Å². The second-order valence-electron chi connectivity index (χ2n) is 5.58. The number of hydrogen-bond donors (Lipinski definition) is 0. The first-order valence-corrected chi connectivity index (χ1v) is 7.66. The Bertz CT molecular complexity index is 383. The number of hydrogen-bond acceptors (Lipinski definition) is 0. The van der Waals surface area contributed by atoms with E-state index in [9.17, 15) is 39.5 Å². The quantitative estimate of drug-likeness (QED) is 0.205. The molecule has 0 fully saturated rings. The first kappa shape index (κ1) is 23.1. The average Bonchev–Trinajstić information content (AvgIpc) is 2.43.